The third-order valence-corrected chi connectivity index (χ3v) is 3.71. The molecule has 0 aliphatic rings. The first-order valence-electron chi connectivity index (χ1n) is 5.13. The number of aryl methyl sites for hydroxylation is 2. The fourth-order valence-corrected chi connectivity index (χ4v) is 1.97. The number of rotatable bonds is 3. The van der Waals surface area contributed by atoms with E-state index in [1.807, 2.05) is 24.0 Å². The monoisotopic (exact) mass is 327 g/mol. The third-order valence-electron chi connectivity index (χ3n) is 2.54. The lowest BCUT2D eigenvalue weighted by Crippen LogP contribution is -2.05. The molecule has 0 spiro atoms. The molecular weight excluding hydrogens is 313 g/mol. The zero-order chi connectivity index (χ0) is 11.5. The Morgan fingerprint density at radius 1 is 1.44 bits per heavy atom. The largest absolute Gasteiger partial charge is 0.378 e. The van der Waals surface area contributed by atoms with E-state index in [-0.39, 0.29) is 0 Å². The number of nitrogens with one attached hydrogen (secondary N) is 1. The molecule has 0 bridgehead atoms. The molecule has 0 saturated heterocycles. The van der Waals surface area contributed by atoms with E-state index in [0.717, 1.165) is 18.1 Å². The van der Waals surface area contributed by atoms with E-state index in [4.69, 9.17) is 0 Å². The van der Waals surface area contributed by atoms with E-state index in [1.165, 1.54) is 9.13 Å². The molecule has 0 aliphatic carbocycles. The molecule has 1 aromatic carbocycles. The standard InChI is InChI=1S/C12H14IN3/c1-9-3-4-10(7-11(9)13)15-8-12-14-5-6-16(12)2/h3-7,15H,8H2,1-2H3. The molecule has 0 saturated carbocycles. The predicted molar refractivity (Wildman–Crippen MR) is 74.4 cm³/mol. The van der Waals surface area contributed by atoms with Gasteiger partial charge in [-0.2, -0.15) is 0 Å². The zero-order valence-electron chi connectivity index (χ0n) is 9.37. The number of hydrogen-bond donors (Lipinski definition) is 1. The summed E-state index contributed by atoms with van der Waals surface area (Å²) >= 11 is 2.35. The molecular formula is C12H14IN3. The van der Waals surface area contributed by atoms with E-state index in [2.05, 4.69) is 58.0 Å². The first-order chi connectivity index (χ1) is 7.66. The van der Waals surface area contributed by atoms with Crippen molar-refractivity contribution in [1.82, 2.24) is 9.55 Å². The molecule has 2 aromatic rings. The third kappa shape index (κ3) is 2.55. The van der Waals surface area contributed by atoms with Gasteiger partial charge in [-0.3, -0.25) is 0 Å². The summed E-state index contributed by atoms with van der Waals surface area (Å²) in [6, 6.07) is 6.38. The Morgan fingerprint density at radius 3 is 2.88 bits per heavy atom. The summed E-state index contributed by atoms with van der Waals surface area (Å²) in [7, 11) is 2.00. The summed E-state index contributed by atoms with van der Waals surface area (Å²) in [5.41, 5.74) is 2.45. The van der Waals surface area contributed by atoms with Gasteiger partial charge in [0.2, 0.25) is 0 Å². The summed E-state index contributed by atoms with van der Waals surface area (Å²) < 4.78 is 3.30. The Hall–Kier alpha value is -1.04. The average Bonchev–Trinajstić information content (AvgIpc) is 2.66. The van der Waals surface area contributed by atoms with Gasteiger partial charge in [-0.05, 0) is 47.2 Å². The highest BCUT2D eigenvalue weighted by molar-refractivity contribution is 14.1. The molecule has 2 rings (SSSR count). The summed E-state index contributed by atoms with van der Waals surface area (Å²) in [5.74, 6) is 1.04. The van der Waals surface area contributed by atoms with Crippen LogP contribution in [0.1, 0.15) is 11.4 Å². The van der Waals surface area contributed by atoms with E-state index in [9.17, 15) is 0 Å². The van der Waals surface area contributed by atoms with Crippen molar-refractivity contribution in [2.24, 2.45) is 7.05 Å². The van der Waals surface area contributed by atoms with Crippen LogP contribution in [0.3, 0.4) is 0 Å². The highest BCUT2D eigenvalue weighted by atomic mass is 127. The molecule has 0 aliphatic heterocycles. The van der Waals surface area contributed by atoms with Crippen molar-refractivity contribution in [2.75, 3.05) is 5.32 Å². The van der Waals surface area contributed by atoms with Gasteiger partial charge in [0, 0.05) is 28.7 Å². The maximum Gasteiger partial charge on any atom is 0.127 e. The second-order valence-electron chi connectivity index (χ2n) is 3.77. The quantitative estimate of drug-likeness (QED) is 0.879. The molecule has 0 unspecified atom stereocenters. The number of hydrogen-bond acceptors (Lipinski definition) is 2. The number of benzene rings is 1. The number of aromatic nitrogens is 2. The molecule has 16 heavy (non-hydrogen) atoms. The van der Waals surface area contributed by atoms with Crippen molar-refractivity contribution in [1.29, 1.82) is 0 Å². The second-order valence-corrected chi connectivity index (χ2v) is 4.93. The normalized spacial score (nSPS) is 10.4. The summed E-state index contributed by atoms with van der Waals surface area (Å²) in [6.07, 6.45) is 3.77. The van der Waals surface area contributed by atoms with Gasteiger partial charge in [-0.15, -0.1) is 0 Å². The van der Waals surface area contributed by atoms with Crippen molar-refractivity contribution in [3.05, 3.63) is 45.6 Å². The van der Waals surface area contributed by atoms with Crippen LogP contribution >= 0.6 is 22.6 Å². The van der Waals surface area contributed by atoms with Crippen molar-refractivity contribution < 1.29 is 0 Å². The van der Waals surface area contributed by atoms with Crippen LogP contribution in [-0.2, 0) is 13.6 Å². The Balaban J connectivity index is 2.05. The lowest BCUT2D eigenvalue weighted by atomic mass is 10.2. The predicted octanol–water partition coefficient (Wildman–Crippen LogP) is 2.95. The number of halogens is 1. The zero-order valence-corrected chi connectivity index (χ0v) is 11.5. The van der Waals surface area contributed by atoms with E-state index in [0.29, 0.717) is 0 Å². The minimum absolute atomic E-state index is 0.753. The Labute approximate surface area is 109 Å². The van der Waals surface area contributed by atoms with Crippen LogP contribution < -0.4 is 5.32 Å². The molecule has 3 nitrogen and oxygen atoms in total. The van der Waals surface area contributed by atoms with Crippen molar-refractivity contribution in [2.45, 2.75) is 13.5 Å². The van der Waals surface area contributed by atoms with Crippen LogP contribution in [0.25, 0.3) is 0 Å². The van der Waals surface area contributed by atoms with Gasteiger partial charge in [-0.1, -0.05) is 6.07 Å². The summed E-state index contributed by atoms with van der Waals surface area (Å²) in [6.45, 7) is 2.87. The molecule has 1 aromatic heterocycles. The number of anilines is 1. The van der Waals surface area contributed by atoms with Crippen molar-refractivity contribution in [3.8, 4) is 0 Å². The molecule has 0 amide bonds. The molecule has 1 N–H and O–H groups in total. The highest BCUT2D eigenvalue weighted by Crippen LogP contribution is 2.17. The average molecular weight is 327 g/mol. The fraction of sp³-hybridized carbons (Fsp3) is 0.250. The smallest absolute Gasteiger partial charge is 0.127 e. The van der Waals surface area contributed by atoms with Crippen molar-refractivity contribution in [3.63, 3.8) is 0 Å². The molecule has 84 valence electrons. The minimum Gasteiger partial charge on any atom is -0.378 e. The molecule has 0 fully saturated rings. The molecule has 0 radical (unpaired) electrons. The Kier molecular flexibility index (Phi) is 3.48. The number of nitrogens with zero attached hydrogens (tertiary/aromatic N) is 2. The topological polar surface area (TPSA) is 29.9 Å². The summed E-state index contributed by atoms with van der Waals surface area (Å²) in [4.78, 5) is 4.27. The summed E-state index contributed by atoms with van der Waals surface area (Å²) in [5, 5.41) is 3.37. The first kappa shape index (κ1) is 11.4. The van der Waals surface area contributed by atoms with Crippen LogP contribution in [0.2, 0.25) is 0 Å². The second kappa shape index (κ2) is 4.86. The molecule has 4 heteroatoms. The SMILES string of the molecule is Cc1ccc(NCc2nccn2C)cc1I. The van der Waals surface area contributed by atoms with Gasteiger partial charge in [0.1, 0.15) is 5.82 Å². The number of imidazole rings is 1. The van der Waals surface area contributed by atoms with Crippen LogP contribution in [0, 0.1) is 10.5 Å². The van der Waals surface area contributed by atoms with Crippen LogP contribution in [0.4, 0.5) is 5.69 Å². The van der Waals surface area contributed by atoms with Gasteiger partial charge < -0.3 is 9.88 Å². The highest BCUT2D eigenvalue weighted by Gasteiger charge is 2.00. The van der Waals surface area contributed by atoms with Crippen LogP contribution in [-0.4, -0.2) is 9.55 Å². The van der Waals surface area contributed by atoms with Crippen molar-refractivity contribution >= 4 is 28.3 Å². The maximum absolute atomic E-state index is 4.27. The lowest BCUT2D eigenvalue weighted by Gasteiger charge is -2.08. The lowest BCUT2D eigenvalue weighted by molar-refractivity contribution is 0.813. The fourth-order valence-electron chi connectivity index (χ4n) is 1.45. The Bertz CT molecular complexity index is 491. The maximum atomic E-state index is 4.27. The van der Waals surface area contributed by atoms with E-state index >= 15 is 0 Å². The van der Waals surface area contributed by atoms with Gasteiger partial charge in [0.05, 0.1) is 6.54 Å². The Morgan fingerprint density at radius 2 is 2.25 bits per heavy atom. The molecule has 0 atom stereocenters. The minimum atomic E-state index is 0.753. The van der Waals surface area contributed by atoms with E-state index in [1.54, 1.807) is 0 Å². The molecule has 1 heterocycles. The van der Waals surface area contributed by atoms with Gasteiger partial charge >= 0.3 is 0 Å². The van der Waals surface area contributed by atoms with Crippen LogP contribution in [0.5, 0.6) is 0 Å². The first-order valence-corrected chi connectivity index (χ1v) is 6.21. The van der Waals surface area contributed by atoms with Crippen LogP contribution in [0.15, 0.2) is 30.6 Å². The van der Waals surface area contributed by atoms with E-state index < -0.39 is 0 Å². The van der Waals surface area contributed by atoms with Gasteiger partial charge in [0.15, 0.2) is 0 Å². The van der Waals surface area contributed by atoms with Gasteiger partial charge in [0.25, 0.3) is 0 Å². The van der Waals surface area contributed by atoms with Gasteiger partial charge in [-0.25, -0.2) is 4.98 Å².